The summed E-state index contributed by atoms with van der Waals surface area (Å²) in [7, 11) is 0. The third-order valence-corrected chi connectivity index (χ3v) is 3.58. The summed E-state index contributed by atoms with van der Waals surface area (Å²) in [5.41, 5.74) is 7.77. The van der Waals surface area contributed by atoms with Gasteiger partial charge < -0.3 is 10.7 Å². The van der Waals surface area contributed by atoms with E-state index in [4.69, 9.17) is 17.3 Å². The van der Waals surface area contributed by atoms with Crippen molar-refractivity contribution < 1.29 is 4.39 Å². The predicted octanol–water partition coefficient (Wildman–Crippen LogP) is 3.45. The van der Waals surface area contributed by atoms with Gasteiger partial charge in [0.25, 0.3) is 0 Å². The minimum Gasteiger partial charge on any atom is -0.357 e. The number of nitrogens with two attached hydrogens (primary N) is 1. The summed E-state index contributed by atoms with van der Waals surface area (Å²) >= 11 is 5.75. The number of pyridine rings is 1. The molecule has 1 aromatic heterocycles. The number of fused-ring (bicyclic) bond motifs is 1. The number of hydrogen-bond acceptors (Lipinski definition) is 2. The Morgan fingerprint density at radius 3 is 2.67 bits per heavy atom. The van der Waals surface area contributed by atoms with Crippen LogP contribution in [-0.4, -0.2) is 4.98 Å². The van der Waals surface area contributed by atoms with E-state index in [2.05, 4.69) is 4.98 Å². The molecule has 3 rings (SSSR count). The van der Waals surface area contributed by atoms with E-state index in [0.29, 0.717) is 32.7 Å². The lowest BCUT2D eigenvalue weighted by Gasteiger charge is -2.07. The van der Waals surface area contributed by atoms with Crippen molar-refractivity contribution in [1.29, 1.82) is 0 Å². The number of halogens is 2. The van der Waals surface area contributed by atoms with Crippen molar-refractivity contribution in [2.24, 2.45) is 5.73 Å². The Kier molecular flexibility index (Phi) is 3.49. The van der Waals surface area contributed by atoms with Gasteiger partial charge in [-0.2, -0.15) is 0 Å². The van der Waals surface area contributed by atoms with Gasteiger partial charge in [-0.15, -0.1) is 0 Å². The van der Waals surface area contributed by atoms with Crippen molar-refractivity contribution >= 4 is 22.5 Å². The summed E-state index contributed by atoms with van der Waals surface area (Å²) in [5.74, 6) is -0.420. The second-order valence-corrected chi connectivity index (χ2v) is 5.18. The molecule has 21 heavy (non-hydrogen) atoms. The Bertz CT molecular complexity index is 889. The van der Waals surface area contributed by atoms with Crippen LogP contribution < -0.4 is 11.2 Å². The molecule has 0 aliphatic heterocycles. The Hall–Kier alpha value is -2.17. The van der Waals surface area contributed by atoms with Crippen LogP contribution in [0.2, 0.25) is 5.02 Å². The molecule has 5 heteroatoms. The van der Waals surface area contributed by atoms with Gasteiger partial charge >= 0.3 is 0 Å². The van der Waals surface area contributed by atoms with E-state index in [-0.39, 0.29) is 12.0 Å². The molecule has 0 unspecified atom stereocenters. The van der Waals surface area contributed by atoms with Gasteiger partial charge in [0.15, 0.2) is 5.43 Å². The Balaban J connectivity index is 2.21. The van der Waals surface area contributed by atoms with E-state index in [0.717, 1.165) is 0 Å². The van der Waals surface area contributed by atoms with Crippen LogP contribution in [-0.2, 0) is 6.54 Å². The van der Waals surface area contributed by atoms with Crippen LogP contribution in [0.3, 0.4) is 0 Å². The van der Waals surface area contributed by atoms with Crippen LogP contribution in [0.5, 0.6) is 0 Å². The highest BCUT2D eigenvalue weighted by Crippen LogP contribution is 2.27. The number of aromatic amines is 1. The monoisotopic (exact) mass is 302 g/mol. The first-order chi connectivity index (χ1) is 10.1. The van der Waals surface area contributed by atoms with E-state index >= 15 is 0 Å². The van der Waals surface area contributed by atoms with Crippen LogP contribution in [0.25, 0.3) is 22.0 Å². The van der Waals surface area contributed by atoms with Crippen molar-refractivity contribution in [2.45, 2.75) is 6.54 Å². The molecule has 0 radical (unpaired) electrons. The highest BCUT2D eigenvalue weighted by Gasteiger charge is 2.08. The van der Waals surface area contributed by atoms with E-state index in [1.165, 1.54) is 12.1 Å². The number of aromatic nitrogens is 1. The third kappa shape index (κ3) is 2.55. The molecule has 0 saturated carbocycles. The number of rotatable bonds is 2. The predicted molar refractivity (Wildman–Crippen MR) is 82.9 cm³/mol. The maximum atomic E-state index is 14.0. The summed E-state index contributed by atoms with van der Waals surface area (Å²) in [5, 5.41) is 0.835. The minimum atomic E-state index is -0.420. The SMILES string of the molecule is NCc1cc(=O)c2cc(-c3ccc(Cl)cc3F)ccc2[nH]1. The molecule has 3 N–H and O–H groups in total. The summed E-state index contributed by atoms with van der Waals surface area (Å²) < 4.78 is 14.0. The Labute approximate surface area is 125 Å². The summed E-state index contributed by atoms with van der Waals surface area (Å²) in [6.07, 6.45) is 0. The molecule has 0 aliphatic rings. The maximum absolute atomic E-state index is 14.0. The first kappa shape index (κ1) is 13.8. The van der Waals surface area contributed by atoms with Crippen molar-refractivity contribution in [3.8, 4) is 11.1 Å². The summed E-state index contributed by atoms with van der Waals surface area (Å²) in [6.45, 7) is 0.263. The van der Waals surface area contributed by atoms with E-state index < -0.39 is 5.82 Å². The molecule has 0 aliphatic carbocycles. The average molecular weight is 303 g/mol. The van der Waals surface area contributed by atoms with Gasteiger partial charge in [0, 0.05) is 39.8 Å². The minimum absolute atomic E-state index is 0.138. The molecule has 3 aromatic rings. The molecule has 0 amide bonds. The van der Waals surface area contributed by atoms with Crippen LogP contribution in [0.15, 0.2) is 47.3 Å². The second kappa shape index (κ2) is 5.31. The van der Waals surface area contributed by atoms with Gasteiger partial charge in [0.1, 0.15) is 5.82 Å². The average Bonchev–Trinajstić information content (AvgIpc) is 2.47. The normalized spacial score (nSPS) is 11.0. The molecule has 0 saturated heterocycles. The Morgan fingerprint density at radius 1 is 1.14 bits per heavy atom. The molecule has 106 valence electrons. The van der Waals surface area contributed by atoms with Crippen molar-refractivity contribution in [3.05, 3.63) is 69.2 Å². The molecular formula is C16H12ClFN2O. The largest absolute Gasteiger partial charge is 0.357 e. The van der Waals surface area contributed by atoms with Crippen LogP contribution in [0, 0.1) is 5.82 Å². The fourth-order valence-corrected chi connectivity index (χ4v) is 2.46. The van der Waals surface area contributed by atoms with Crippen molar-refractivity contribution in [3.63, 3.8) is 0 Å². The van der Waals surface area contributed by atoms with Crippen molar-refractivity contribution in [2.75, 3.05) is 0 Å². The lowest BCUT2D eigenvalue weighted by atomic mass is 10.0. The maximum Gasteiger partial charge on any atom is 0.189 e. The summed E-state index contributed by atoms with van der Waals surface area (Å²) in [6, 6.07) is 11.1. The highest BCUT2D eigenvalue weighted by molar-refractivity contribution is 6.30. The van der Waals surface area contributed by atoms with Crippen LogP contribution in [0.1, 0.15) is 5.69 Å². The second-order valence-electron chi connectivity index (χ2n) is 4.75. The molecule has 0 spiro atoms. The smallest absolute Gasteiger partial charge is 0.189 e. The quantitative estimate of drug-likeness (QED) is 0.762. The zero-order valence-electron chi connectivity index (χ0n) is 11.0. The zero-order valence-corrected chi connectivity index (χ0v) is 11.7. The van der Waals surface area contributed by atoms with E-state index in [1.54, 1.807) is 30.3 Å². The van der Waals surface area contributed by atoms with Crippen LogP contribution in [0.4, 0.5) is 4.39 Å². The topological polar surface area (TPSA) is 58.9 Å². The number of benzene rings is 2. The summed E-state index contributed by atoms with van der Waals surface area (Å²) in [4.78, 5) is 15.2. The molecule has 0 fully saturated rings. The molecule has 1 heterocycles. The van der Waals surface area contributed by atoms with Gasteiger partial charge in [-0.3, -0.25) is 4.79 Å². The van der Waals surface area contributed by atoms with Gasteiger partial charge in [-0.25, -0.2) is 4.39 Å². The lowest BCUT2D eigenvalue weighted by molar-refractivity contribution is 0.631. The number of hydrogen-bond donors (Lipinski definition) is 2. The fourth-order valence-electron chi connectivity index (χ4n) is 2.30. The Morgan fingerprint density at radius 2 is 1.95 bits per heavy atom. The zero-order chi connectivity index (χ0) is 15.0. The fraction of sp³-hybridized carbons (Fsp3) is 0.0625. The standard InChI is InChI=1S/C16H12ClFN2O/c17-10-2-3-12(14(18)6-10)9-1-4-15-13(5-9)16(21)7-11(8-19)20-15/h1-7H,8,19H2,(H,20,21). The van der Waals surface area contributed by atoms with Gasteiger partial charge in [0.05, 0.1) is 0 Å². The molecule has 3 nitrogen and oxygen atoms in total. The first-order valence-corrected chi connectivity index (χ1v) is 6.78. The van der Waals surface area contributed by atoms with E-state index in [9.17, 15) is 9.18 Å². The molecule has 0 bridgehead atoms. The number of H-pyrrole nitrogens is 1. The first-order valence-electron chi connectivity index (χ1n) is 6.40. The van der Waals surface area contributed by atoms with Gasteiger partial charge in [-0.05, 0) is 35.9 Å². The molecule has 0 atom stereocenters. The molecular weight excluding hydrogens is 291 g/mol. The van der Waals surface area contributed by atoms with Gasteiger partial charge in [-0.1, -0.05) is 17.7 Å². The van der Waals surface area contributed by atoms with Gasteiger partial charge in [0.2, 0.25) is 0 Å². The van der Waals surface area contributed by atoms with Crippen molar-refractivity contribution in [1.82, 2.24) is 4.98 Å². The highest BCUT2D eigenvalue weighted by atomic mass is 35.5. The van der Waals surface area contributed by atoms with E-state index in [1.807, 2.05) is 0 Å². The third-order valence-electron chi connectivity index (χ3n) is 3.35. The number of nitrogens with one attached hydrogen (secondary N) is 1. The lowest BCUT2D eigenvalue weighted by Crippen LogP contribution is -2.08. The molecule has 2 aromatic carbocycles. The van der Waals surface area contributed by atoms with Crippen LogP contribution >= 0.6 is 11.6 Å².